The highest BCUT2D eigenvalue weighted by molar-refractivity contribution is 8.00. The average molecular weight is 442 g/mol. The van der Waals surface area contributed by atoms with Crippen molar-refractivity contribution in [2.75, 3.05) is 36.8 Å². The van der Waals surface area contributed by atoms with Gasteiger partial charge in [-0.15, -0.1) is 0 Å². The molecular formula is C25H23N5OS. The second-order valence-electron chi connectivity index (χ2n) is 7.58. The van der Waals surface area contributed by atoms with Gasteiger partial charge in [0.1, 0.15) is 16.5 Å². The maximum Gasteiger partial charge on any atom is 0.233 e. The van der Waals surface area contributed by atoms with Crippen LogP contribution >= 0.6 is 11.8 Å². The molecule has 0 bridgehead atoms. The normalized spacial score (nSPS) is 14.0. The summed E-state index contributed by atoms with van der Waals surface area (Å²) in [4.78, 5) is 31.2. The van der Waals surface area contributed by atoms with Crippen LogP contribution in [0.1, 0.15) is 0 Å². The first-order valence-corrected chi connectivity index (χ1v) is 11.7. The van der Waals surface area contributed by atoms with Gasteiger partial charge in [0, 0.05) is 37.9 Å². The molecule has 3 heterocycles. The summed E-state index contributed by atoms with van der Waals surface area (Å²) in [6, 6.07) is 23.8. The highest BCUT2D eigenvalue weighted by atomic mass is 32.2. The second-order valence-corrected chi connectivity index (χ2v) is 8.54. The van der Waals surface area contributed by atoms with Crippen LogP contribution in [-0.2, 0) is 4.79 Å². The second kappa shape index (κ2) is 9.36. The van der Waals surface area contributed by atoms with Gasteiger partial charge in [-0.2, -0.15) is 0 Å². The Morgan fingerprint density at radius 2 is 1.50 bits per heavy atom. The number of aromatic nitrogens is 3. The maximum atomic E-state index is 12.9. The minimum atomic E-state index is 0.129. The van der Waals surface area contributed by atoms with E-state index in [1.807, 2.05) is 77.7 Å². The van der Waals surface area contributed by atoms with E-state index in [1.54, 1.807) is 6.20 Å². The minimum Gasteiger partial charge on any atom is -0.353 e. The van der Waals surface area contributed by atoms with Gasteiger partial charge in [-0.05, 0) is 24.3 Å². The summed E-state index contributed by atoms with van der Waals surface area (Å²) in [6.45, 7) is 2.98. The summed E-state index contributed by atoms with van der Waals surface area (Å²) in [5, 5.41) is 0.787. The lowest BCUT2D eigenvalue weighted by atomic mass is 10.1. The van der Waals surface area contributed by atoms with Crippen LogP contribution in [0, 0.1) is 0 Å². The van der Waals surface area contributed by atoms with Gasteiger partial charge in [-0.25, -0.2) is 15.0 Å². The SMILES string of the molecule is O=C(CSc1nc2ccccc2nc1-c1ccccc1)N1CCN(c2ccccn2)CC1. The molecule has 160 valence electrons. The van der Waals surface area contributed by atoms with Gasteiger partial charge in [-0.3, -0.25) is 4.79 Å². The first-order chi connectivity index (χ1) is 15.8. The number of amides is 1. The summed E-state index contributed by atoms with van der Waals surface area (Å²) >= 11 is 1.46. The fraction of sp³-hybridized carbons (Fsp3) is 0.200. The fourth-order valence-corrected chi connectivity index (χ4v) is 4.72. The van der Waals surface area contributed by atoms with Crippen molar-refractivity contribution < 1.29 is 4.79 Å². The molecule has 32 heavy (non-hydrogen) atoms. The standard InChI is InChI=1S/C25H23N5OS/c31-23(30-16-14-29(15-17-30)22-12-6-7-13-26-22)18-32-25-24(19-8-2-1-3-9-19)27-20-10-4-5-11-21(20)28-25/h1-13H,14-18H2. The van der Waals surface area contributed by atoms with Crippen molar-refractivity contribution in [3.63, 3.8) is 0 Å². The lowest BCUT2D eigenvalue weighted by molar-refractivity contribution is -0.128. The smallest absolute Gasteiger partial charge is 0.233 e. The summed E-state index contributed by atoms with van der Waals surface area (Å²) in [5.74, 6) is 1.44. The number of carbonyl (C=O) groups is 1. The summed E-state index contributed by atoms with van der Waals surface area (Å²) < 4.78 is 0. The third-order valence-electron chi connectivity index (χ3n) is 5.52. The van der Waals surface area contributed by atoms with Crippen LogP contribution in [0.5, 0.6) is 0 Å². The molecular weight excluding hydrogens is 418 g/mol. The molecule has 2 aromatic carbocycles. The molecule has 7 heteroatoms. The van der Waals surface area contributed by atoms with Crippen molar-refractivity contribution >= 4 is 34.5 Å². The summed E-state index contributed by atoms with van der Waals surface area (Å²) in [6.07, 6.45) is 1.80. The predicted molar refractivity (Wildman–Crippen MR) is 129 cm³/mol. The Labute approximate surface area is 191 Å². The number of pyridine rings is 1. The molecule has 1 aliphatic heterocycles. The monoisotopic (exact) mass is 441 g/mol. The first kappa shape index (κ1) is 20.5. The highest BCUT2D eigenvalue weighted by Crippen LogP contribution is 2.30. The molecule has 4 aromatic rings. The zero-order valence-electron chi connectivity index (χ0n) is 17.6. The number of benzene rings is 2. The van der Waals surface area contributed by atoms with Crippen LogP contribution in [0.4, 0.5) is 5.82 Å². The number of fused-ring (bicyclic) bond motifs is 1. The van der Waals surface area contributed by atoms with E-state index in [1.165, 1.54) is 11.8 Å². The average Bonchev–Trinajstić information content (AvgIpc) is 2.88. The zero-order chi connectivity index (χ0) is 21.8. The van der Waals surface area contributed by atoms with Gasteiger partial charge >= 0.3 is 0 Å². The van der Waals surface area contributed by atoms with Crippen molar-refractivity contribution in [3.05, 3.63) is 79.0 Å². The number of thioether (sulfide) groups is 1. The lowest BCUT2D eigenvalue weighted by Crippen LogP contribution is -2.49. The Kier molecular flexibility index (Phi) is 5.98. The van der Waals surface area contributed by atoms with Crippen LogP contribution in [0.25, 0.3) is 22.3 Å². The molecule has 0 spiro atoms. The van der Waals surface area contributed by atoms with Crippen molar-refractivity contribution in [3.8, 4) is 11.3 Å². The van der Waals surface area contributed by atoms with E-state index in [4.69, 9.17) is 9.97 Å². The lowest BCUT2D eigenvalue weighted by Gasteiger charge is -2.35. The molecule has 1 saturated heterocycles. The van der Waals surface area contributed by atoms with E-state index in [-0.39, 0.29) is 5.91 Å². The Balaban J connectivity index is 1.29. The van der Waals surface area contributed by atoms with Gasteiger partial charge < -0.3 is 9.80 Å². The van der Waals surface area contributed by atoms with E-state index < -0.39 is 0 Å². The molecule has 0 saturated carbocycles. The Bertz CT molecular complexity index is 1210. The van der Waals surface area contributed by atoms with Gasteiger partial charge in [0.15, 0.2) is 0 Å². The molecule has 0 radical (unpaired) electrons. The van der Waals surface area contributed by atoms with Crippen LogP contribution in [0.2, 0.25) is 0 Å². The number of hydrogen-bond acceptors (Lipinski definition) is 6. The Morgan fingerprint density at radius 3 is 2.22 bits per heavy atom. The number of anilines is 1. The van der Waals surface area contributed by atoms with E-state index in [2.05, 4.69) is 9.88 Å². The molecule has 0 atom stereocenters. The van der Waals surface area contributed by atoms with Crippen molar-refractivity contribution in [2.24, 2.45) is 0 Å². The number of carbonyl (C=O) groups excluding carboxylic acids is 1. The quantitative estimate of drug-likeness (QED) is 0.434. The van der Waals surface area contributed by atoms with Crippen molar-refractivity contribution in [2.45, 2.75) is 5.03 Å². The zero-order valence-corrected chi connectivity index (χ0v) is 18.4. The molecule has 5 rings (SSSR count). The Morgan fingerprint density at radius 1 is 0.812 bits per heavy atom. The van der Waals surface area contributed by atoms with Crippen LogP contribution in [0.15, 0.2) is 84.0 Å². The molecule has 2 aromatic heterocycles. The van der Waals surface area contributed by atoms with Gasteiger partial charge in [0.25, 0.3) is 0 Å². The third-order valence-corrected chi connectivity index (χ3v) is 6.47. The minimum absolute atomic E-state index is 0.129. The van der Waals surface area contributed by atoms with Crippen LogP contribution in [-0.4, -0.2) is 57.7 Å². The number of rotatable bonds is 5. The summed E-state index contributed by atoms with van der Waals surface area (Å²) in [5.41, 5.74) is 3.52. The molecule has 0 N–H and O–H groups in total. The van der Waals surface area contributed by atoms with Crippen molar-refractivity contribution in [1.82, 2.24) is 19.9 Å². The van der Waals surface area contributed by atoms with E-state index in [0.29, 0.717) is 18.8 Å². The highest BCUT2D eigenvalue weighted by Gasteiger charge is 2.22. The van der Waals surface area contributed by atoms with Crippen LogP contribution < -0.4 is 4.90 Å². The first-order valence-electron chi connectivity index (χ1n) is 10.7. The van der Waals surface area contributed by atoms with Crippen LogP contribution in [0.3, 0.4) is 0 Å². The van der Waals surface area contributed by atoms with Crippen molar-refractivity contribution in [1.29, 1.82) is 0 Å². The largest absolute Gasteiger partial charge is 0.353 e. The number of hydrogen-bond donors (Lipinski definition) is 0. The Hall–Kier alpha value is -3.45. The summed E-state index contributed by atoms with van der Waals surface area (Å²) in [7, 11) is 0. The maximum absolute atomic E-state index is 12.9. The number of piperazine rings is 1. The van der Waals surface area contributed by atoms with Gasteiger partial charge in [0.2, 0.25) is 5.91 Å². The molecule has 1 amide bonds. The fourth-order valence-electron chi connectivity index (χ4n) is 3.82. The molecule has 0 unspecified atom stereocenters. The molecule has 1 aliphatic rings. The van der Waals surface area contributed by atoms with E-state index >= 15 is 0 Å². The van der Waals surface area contributed by atoms with E-state index in [9.17, 15) is 4.79 Å². The topological polar surface area (TPSA) is 62.2 Å². The molecule has 0 aliphatic carbocycles. The third kappa shape index (κ3) is 4.43. The van der Waals surface area contributed by atoms with E-state index in [0.717, 1.165) is 46.2 Å². The number of nitrogens with zero attached hydrogens (tertiary/aromatic N) is 5. The van der Waals surface area contributed by atoms with Gasteiger partial charge in [0.05, 0.1) is 16.8 Å². The van der Waals surface area contributed by atoms with Gasteiger partial charge in [-0.1, -0.05) is 60.3 Å². The predicted octanol–water partition coefficient (Wildman–Crippen LogP) is 4.13. The molecule has 1 fully saturated rings. The molecule has 6 nitrogen and oxygen atoms in total. The number of para-hydroxylation sites is 2.